The number of nitrogens with one attached hydrogen (secondary N) is 1. The quantitative estimate of drug-likeness (QED) is 0.663. The van der Waals surface area contributed by atoms with E-state index >= 15 is 0 Å². The number of fused-ring (bicyclic) bond motifs is 1. The molecule has 0 radical (unpaired) electrons. The van der Waals surface area contributed by atoms with Crippen LogP contribution in [-0.4, -0.2) is 23.9 Å². The van der Waals surface area contributed by atoms with E-state index in [4.69, 9.17) is 10.5 Å². The van der Waals surface area contributed by atoms with Gasteiger partial charge in [-0.15, -0.1) is 0 Å². The molecule has 0 unspecified atom stereocenters. The Bertz CT molecular complexity index is 915. The second-order valence-electron chi connectivity index (χ2n) is 5.43. The Kier molecular flexibility index (Phi) is 4.57. The zero-order valence-electron chi connectivity index (χ0n) is 13.7. The van der Waals surface area contributed by atoms with E-state index in [9.17, 15) is 9.59 Å². The lowest BCUT2D eigenvalue weighted by Gasteiger charge is -2.07. The number of carbonyl (C=O) groups excluding carboxylic acids is 2. The molecular formula is C19H17N3O3. The maximum Gasteiger partial charge on any atom is 0.270 e. The highest BCUT2D eigenvalue weighted by Gasteiger charge is 2.31. The van der Waals surface area contributed by atoms with Crippen molar-refractivity contribution >= 4 is 29.2 Å². The lowest BCUT2D eigenvalue weighted by molar-refractivity contribution is -0.118. The van der Waals surface area contributed by atoms with Crippen LogP contribution in [0.5, 0.6) is 5.75 Å². The third-order valence-corrected chi connectivity index (χ3v) is 3.80. The predicted octanol–water partition coefficient (Wildman–Crippen LogP) is 2.14. The normalized spacial score (nSPS) is 14.2. The van der Waals surface area contributed by atoms with Crippen LogP contribution in [0.25, 0.3) is 11.6 Å². The minimum Gasteiger partial charge on any atom is -0.495 e. The molecule has 6 nitrogen and oxygen atoms in total. The van der Waals surface area contributed by atoms with Crippen LogP contribution >= 0.6 is 0 Å². The summed E-state index contributed by atoms with van der Waals surface area (Å²) < 4.78 is 5.28. The van der Waals surface area contributed by atoms with Gasteiger partial charge in [0.25, 0.3) is 5.91 Å². The van der Waals surface area contributed by atoms with Gasteiger partial charge in [0.15, 0.2) is 0 Å². The van der Waals surface area contributed by atoms with Gasteiger partial charge in [-0.3, -0.25) is 9.59 Å². The number of hydrogen-bond donors (Lipinski definition) is 2. The Morgan fingerprint density at radius 1 is 1.36 bits per heavy atom. The van der Waals surface area contributed by atoms with Gasteiger partial charge in [0.2, 0.25) is 5.91 Å². The zero-order valence-corrected chi connectivity index (χ0v) is 13.7. The number of benzene rings is 1. The number of methoxy groups -OCH3 is 1. The monoisotopic (exact) mass is 335 g/mol. The summed E-state index contributed by atoms with van der Waals surface area (Å²) in [5, 5.41) is 0. The molecule has 126 valence electrons. The summed E-state index contributed by atoms with van der Waals surface area (Å²) in [5.41, 5.74) is 7.86. The third kappa shape index (κ3) is 3.26. The largest absolute Gasteiger partial charge is 0.495 e. The highest BCUT2D eigenvalue weighted by molar-refractivity contribution is 6.36. The second-order valence-corrected chi connectivity index (χ2v) is 5.43. The first-order chi connectivity index (χ1) is 12.1. The summed E-state index contributed by atoms with van der Waals surface area (Å²) in [4.78, 5) is 28.1. The zero-order chi connectivity index (χ0) is 17.8. The number of aromatic nitrogens is 1. The lowest BCUT2D eigenvalue weighted by atomic mass is 10.1. The summed E-state index contributed by atoms with van der Waals surface area (Å²) in [5.74, 6) is 2.85. The van der Waals surface area contributed by atoms with Gasteiger partial charge in [0.1, 0.15) is 5.75 Å². The maximum atomic E-state index is 12.8. The van der Waals surface area contributed by atoms with Crippen molar-refractivity contribution in [2.75, 3.05) is 12.0 Å². The van der Waals surface area contributed by atoms with E-state index in [1.165, 1.54) is 4.90 Å². The van der Waals surface area contributed by atoms with E-state index in [1.54, 1.807) is 25.4 Å². The molecule has 25 heavy (non-hydrogen) atoms. The summed E-state index contributed by atoms with van der Waals surface area (Å²) >= 11 is 0. The van der Waals surface area contributed by atoms with Gasteiger partial charge in [0.05, 0.1) is 24.1 Å². The standard InChI is InChI=1S/C19H17N3O3/c1-25-17-9-10-21-15(17)12-14-13-6-2-3-7-16(13)22(19(14)24)11-5-4-8-18(20)23/h2-3,6-7,9-10,12,21H,4,8H2,1H3,(H2,20,23)/b14-12-. The van der Waals surface area contributed by atoms with Crippen LogP contribution in [0.4, 0.5) is 5.69 Å². The fourth-order valence-corrected chi connectivity index (χ4v) is 2.62. The number of hydrogen-bond acceptors (Lipinski definition) is 3. The molecule has 0 fully saturated rings. The molecule has 1 aromatic heterocycles. The van der Waals surface area contributed by atoms with Crippen molar-refractivity contribution in [2.24, 2.45) is 5.73 Å². The van der Waals surface area contributed by atoms with Crippen LogP contribution < -0.4 is 15.4 Å². The molecule has 0 atom stereocenters. The third-order valence-electron chi connectivity index (χ3n) is 3.80. The summed E-state index contributed by atoms with van der Waals surface area (Å²) in [6.07, 6.45) is 3.98. The van der Waals surface area contributed by atoms with Crippen LogP contribution in [0.2, 0.25) is 0 Å². The van der Waals surface area contributed by atoms with Crippen molar-refractivity contribution in [1.82, 2.24) is 4.98 Å². The molecule has 2 aromatic rings. The second kappa shape index (κ2) is 6.97. The molecular weight excluding hydrogens is 318 g/mol. The van der Waals surface area contributed by atoms with Crippen LogP contribution in [0.1, 0.15) is 24.1 Å². The van der Waals surface area contributed by atoms with Gasteiger partial charge >= 0.3 is 0 Å². The molecule has 1 aliphatic rings. The number of primary amides is 1. The number of H-pyrrole nitrogens is 1. The average molecular weight is 335 g/mol. The first-order valence-corrected chi connectivity index (χ1v) is 7.75. The Morgan fingerprint density at radius 3 is 2.92 bits per heavy atom. The number of ether oxygens (including phenoxy) is 1. The minimum atomic E-state index is -0.415. The first-order valence-electron chi connectivity index (χ1n) is 7.75. The van der Waals surface area contributed by atoms with E-state index in [1.807, 2.05) is 24.3 Å². The van der Waals surface area contributed by atoms with Crippen molar-refractivity contribution in [3.05, 3.63) is 47.8 Å². The van der Waals surface area contributed by atoms with E-state index < -0.39 is 5.91 Å². The molecule has 2 amide bonds. The summed E-state index contributed by atoms with van der Waals surface area (Å²) in [6, 6.07) is 12.0. The van der Waals surface area contributed by atoms with Crippen molar-refractivity contribution < 1.29 is 14.3 Å². The predicted molar refractivity (Wildman–Crippen MR) is 95.3 cm³/mol. The van der Waals surface area contributed by atoms with Gasteiger partial charge in [-0.05, 0) is 18.2 Å². The van der Waals surface area contributed by atoms with Crippen LogP contribution in [0.3, 0.4) is 0 Å². The highest BCUT2D eigenvalue weighted by Crippen LogP contribution is 2.37. The molecule has 3 rings (SSSR count). The number of amides is 2. The van der Waals surface area contributed by atoms with E-state index in [0.717, 1.165) is 11.3 Å². The minimum absolute atomic E-state index is 0.166. The molecule has 2 heterocycles. The fraction of sp³-hybridized carbons (Fsp3) is 0.158. The van der Waals surface area contributed by atoms with Gasteiger partial charge in [-0.1, -0.05) is 24.1 Å². The number of nitrogens with zero attached hydrogens (tertiary/aromatic N) is 1. The highest BCUT2D eigenvalue weighted by atomic mass is 16.5. The Hall–Kier alpha value is -3.46. The molecule has 3 N–H and O–H groups in total. The van der Waals surface area contributed by atoms with Crippen LogP contribution in [0.15, 0.2) is 36.5 Å². The first kappa shape index (κ1) is 16.4. The number of anilines is 1. The van der Waals surface area contributed by atoms with Gasteiger partial charge < -0.3 is 15.5 Å². The van der Waals surface area contributed by atoms with Crippen molar-refractivity contribution in [2.45, 2.75) is 12.8 Å². The SMILES string of the molecule is COc1cc[nH]c1/C=C1\C(=O)N(C#CCCC(N)=O)c2ccccc21. The van der Waals surface area contributed by atoms with Crippen LogP contribution in [0, 0.1) is 12.0 Å². The Labute approximate surface area is 145 Å². The number of para-hydroxylation sites is 1. The van der Waals surface area contributed by atoms with Crippen molar-refractivity contribution in [1.29, 1.82) is 0 Å². The summed E-state index contributed by atoms with van der Waals surface area (Å²) in [7, 11) is 1.58. The molecule has 0 aliphatic carbocycles. The van der Waals surface area contributed by atoms with Crippen molar-refractivity contribution in [3.63, 3.8) is 0 Å². The van der Waals surface area contributed by atoms with Crippen molar-refractivity contribution in [3.8, 4) is 17.7 Å². The summed E-state index contributed by atoms with van der Waals surface area (Å²) in [6.45, 7) is 0. The molecule has 0 spiro atoms. The molecule has 1 aliphatic heterocycles. The molecule has 0 saturated heterocycles. The lowest BCUT2D eigenvalue weighted by Crippen LogP contribution is -2.20. The smallest absolute Gasteiger partial charge is 0.270 e. The van der Waals surface area contributed by atoms with Crippen LogP contribution in [-0.2, 0) is 9.59 Å². The Balaban J connectivity index is 1.97. The molecule has 1 aromatic carbocycles. The van der Waals surface area contributed by atoms with Gasteiger partial charge in [-0.25, -0.2) is 4.90 Å². The number of aromatic amines is 1. The average Bonchev–Trinajstić information content (AvgIpc) is 3.16. The van der Waals surface area contributed by atoms with E-state index in [0.29, 0.717) is 23.4 Å². The molecule has 0 bridgehead atoms. The number of carbonyl (C=O) groups is 2. The molecule has 0 saturated carbocycles. The number of nitrogens with two attached hydrogens (primary N) is 1. The van der Waals surface area contributed by atoms with E-state index in [2.05, 4.69) is 16.9 Å². The number of rotatable bonds is 4. The van der Waals surface area contributed by atoms with Gasteiger partial charge in [0, 0.05) is 30.6 Å². The topological polar surface area (TPSA) is 88.4 Å². The van der Waals surface area contributed by atoms with Gasteiger partial charge in [-0.2, -0.15) is 0 Å². The maximum absolute atomic E-state index is 12.8. The molecule has 6 heteroatoms. The Morgan fingerprint density at radius 2 is 2.16 bits per heavy atom. The van der Waals surface area contributed by atoms with E-state index in [-0.39, 0.29) is 12.3 Å². The fourth-order valence-electron chi connectivity index (χ4n) is 2.62.